The molecule has 1 amide bonds. The summed E-state index contributed by atoms with van der Waals surface area (Å²) in [4.78, 5) is 14.7. The predicted octanol–water partition coefficient (Wildman–Crippen LogP) is 0.599. The number of rotatable bonds is 3. The van der Waals surface area contributed by atoms with Gasteiger partial charge in [0, 0.05) is 12.3 Å². The molecule has 0 aliphatic rings. The van der Waals surface area contributed by atoms with Gasteiger partial charge in [-0.2, -0.15) is 0 Å². The van der Waals surface area contributed by atoms with Gasteiger partial charge in [-0.05, 0) is 13.0 Å². The Labute approximate surface area is 75.3 Å². The topological polar surface area (TPSA) is 71.5 Å². The highest BCUT2D eigenvalue weighted by Crippen LogP contribution is 2.06. The van der Waals surface area contributed by atoms with E-state index in [1.807, 2.05) is 6.92 Å². The van der Waals surface area contributed by atoms with Gasteiger partial charge in [0.05, 0.1) is 12.2 Å². The number of nitrogens with one attached hydrogen (secondary N) is 1. The highest BCUT2D eigenvalue weighted by Gasteiger charge is 2.03. The molecule has 13 heavy (non-hydrogen) atoms. The van der Waals surface area contributed by atoms with Crippen LogP contribution in [0.2, 0.25) is 0 Å². The molecule has 0 fully saturated rings. The van der Waals surface area contributed by atoms with Gasteiger partial charge in [0.25, 0.3) is 5.91 Å². The average molecular weight is 182 g/mol. The highest BCUT2D eigenvalue weighted by atomic mass is 16.5. The largest absolute Gasteiger partial charge is 0.478 e. The van der Waals surface area contributed by atoms with Crippen molar-refractivity contribution in [3.8, 4) is 5.88 Å². The summed E-state index contributed by atoms with van der Waals surface area (Å²) in [6.07, 6.45) is 1.33. The van der Waals surface area contributed by atoms with Gasteiger partial charge < -0.3 is 4.74 Å². The Kier molecular flexibility index (Phi) is 3.22. The molecule has 2 N–H and O–H groups in total. The monoisotopic (exact) mass is 182 g/mol. The molecule has 0 aliphatic carbocycles. The Morgan fingerprint density at radius 2 is 2.46 bits per heavy atom. The fourth-order valence-corrected chi connectivity index (χ4v) is 0.812. The lowest BCUT2D eigenvalue weighted by Crippen LogP contribution is -2.18. The second-order valence-corrected chi connectivity index (χ2v) is 2.26. The van der Waals surface area contributed by atoms with E-state index in [-0.39, 0.29) is 5.56 Å². The van der Waals surface area contributed by atoms with Crippen LogP contribution in [0, 0.1) is 0 Å². The summed E-state index contributed by atoms with van der Waals surface area (Å²) in [6, 6.07) is 3.08. The summed E-state index contributed by atoms with van der Waals surface area (Å²) in [5.74, 6) is -0.132. The number of hydrogen-bond donors (Lipinski definition) is 2. The molecular weight excluding hydrogens is 172 g/mol. The lowest BCUT2D eigenvalue weighted by molar-refractivity contribution is 0.0706. The van der Waals surface area contributed by atoms with Crippen LogP contribution in [0.15, 0.2) is 18.3 Å². The van der Waals surface area contributed by atoms with Gasteiger partial charge in [-0.1, -0.05) is 0 Å². The minimum atomic E-state index is -0.587. The molecule has 1 aromatic heterocycles. The minimum absolute atomic E-state index is 0.283. The van der Waals surface area contributed by atoms with Gasteiger partial charge in [0.1, 0.15) is 0 Å². The van der Waals surface area contributed by atoms with Crippen LogP contribution in [0.1, 0.15) is 17.3 Å². The average Bonchev–Trinajstić information content (AvgIpc) is 2.18. The molecule has 0 atom stereocenters. The maximum atomic E-state index is 10.8. The molecule has 1 rings (SSSR count). The number of pyridine rings is 1. The van der Waals surface area contributed by atoms with Gasteiger partial charge in [-0.3, -0.25) is 10.0 Å². The lowest BCUT2D eigenvalue weighted by atomic mass is 10.3. The molecule has 5 nitrogen and oxygen atoms in total. The number of ether oxygens (including phenoxy) is 1. The van der Waals surface area contributed by atoms with E-state index < -0.39 is 5.91 Å². The summed E-state index contributed by atoms with van der Waals surface area (Å²) in [5, 5.41) is 8.30. The third-order valence-electron chi connectivity index (χ3n) is 1.39. The van der Waals surface area contributed by atoms with Crippen LogP contribution in [0.25, 0.3) is 0 Å². The van der Waals surface area contributed by atoms with Crippen LogP contribution >= 0.6 is 0 Å². The molecule has 0 saturated carbocycles. The van der Waals surface area contributed by atoms with E-state index >= 15 is 0 Å². The van der Waals surface area contributed by atoms with Crippen molar-refractivity contribution >= 4 is 5.91 Å². The molecule has 70 valence electrons. The van der Waals surface area contributed by atoms with E-state index in [1.54, 1.807) is 6.07 Å². The van der Waals surface area contributed by atoms with E-state index in [1.165, 1.54) is 17.7 Å². The first kappa shape index (κ1) is 9.47. The predicted molar refractivity (Wildman–Crippen MR) is 44.7 cm³/mol. The molecule has 1 heterocycles. The van der Waals surface area contributed by atoms with E-state index in [9.17, 15) is 4.79 Å². The van der Waals surface area contributed by atoms with Crippen molar-refractivity contribution in [2.45, 2.75) is 6.92 Å². The third kappa shape index (κ3) is 2.41. The van der Waals surface area contributed by atoms with Crippen LogP contribution in [0.5, 0.6) is 5.88 Å². The summed E-state index contributed by atoms with van der Waals surface area (Å²) in [6.45, 7) is 2.37. The molecule has 0 saturated heterocycles. The van der Waals surface area contributed by atoms with E-state index in [0.29, 0.717) is 12.5 Å². The summed E-state index contributed by atoms with van der Waals surface area (Å²) >= 11 is 0. The lowest BCUT2D eigenvalue weighted by Gasteiger charge is -2.01. The SMILES string of the molecule is CCOc1ccc(C(=O)NO)cn1. The zero-order valence-electron chi connectivity index (χ0n) is 7.15. The number of amides is 1. The first-order valence-electron chi connectivity index (χ1n) is 3.81. The smallest absolute Gasteiger partial charge is 0.276 e. The first-order valence-corrected chi connectivity index (χ1v) is 3.81. The highest BCUT2D eigenvalue weighted by molar-refractivity contribution is 5.92. The Morgan fingerprint density at radius 3 is 2.92 bits per heavy atom. The summed E-state index contributed by atoms with van der Waals surface area (Å²) in [7, 11) is 0. The fourth-order valence-electron chi connectivity index (χ4n) is 0.812. The van der Waals surface area contributed by atoms with Crippen LogP contribution in [0.3, 0.4) is 0 Å². The molecule has 5 heteroatoms. The van der Waals surface area contributed by atoms with Crippen molar-refractivity contribution in [1.82, 2.24) is 10.5 Å². The molecule has 0 aliphatic heterocycles. The summed E-state index contributed by atoms with van der Waals surface area (Å²) in [5.41, 5.74) is 1.80. The standard InChI is InChI=1S/C8H10N2O3/c1-2-13-7-4-3-6(5-9-7)8(11)10-12/h3-5,12H,2H2,1H3,(H,10,11). The third-order valence-corrected chi connectivity index (χ3v) is 1.39. The second kappa shape index (κ2) is 4.42. The second-order valence-electron chi connectivity index (χ2n) is 2.26. The van der Waals surface area contributed by atoms with Crippen molar-refractivity contribution in [3.63, 3.8) is 0 Å². The Hall–Kier alpha value is -1.62. The van der Waals surface area contributed by atoms with E-state index in [4.69, 9.17) is 9.94 Å². The van der Waals surface area contributed by atoms with Crippen molar-refractivity contribution in [2.24, 2.45) is 0 Å². The Bertz CT molecular complexity index is 284. The van der Waals surface area contributed by atoms with Crippen molar-refractivity contribution in [2.75, 3.05) is 6.61 Å². The quantitative estimate of drug-likeness (QED) is 0.530. The minimum Gasteiger partial charge on any atom is -0.478 e. The van der Waals surface area contributed by atoms with Crippen molar-refractivity contribution in [3.05, 3.63) is 23.9 Å². The molecule has 0 aromatic carbocycles. The number of hydroxylamine groups is 1. The molecule has 0 spiro atoms. The van der Waals surface area contributed by atoms with E-state index in [2.05, 4.69) is 4.98 Å². The number of aromatic nitrogens is 1. The Balaban J connectivity index is 2.75. The molecule has 0 bridgehead atoms. The van der Waals surface area contributed by atoms with Crippen LogP contribution in [-0.4, -0.2) is 22.7 Å². The van der Waals surface area contributed by atoms with Gasteiger partial charge in [0.2, 0.25) is 5.88 Å². The maximum absolute atomic E-state index is 10.8. The molecule has 0 unspecified atom stereocenters. The molecule has 0 radical (unpaired) electrons. The van der Waals surface area contributed by atoms with Crippen LogP contribution < -0.4 is 10.2 Å². The number of carbonyl (C=O) groups excluding carboxylic acids is 1. The number of hydrogen-bond acceptors (Lipinski definition) is 4. The van der Waals surface area contributed by atoms with Gasteiger partial charge >= 0.3 is 0 Å². The zero-order valence-corrected chi connectivity index (χ0v) is 7.15. The maximum Gasteiger partial charge on any atom is 0.276 e. The van der Waals surface area contributed by atoms with Crippen molar-refractivity contribution < 1.29 is 14.7 Å². The Morgan fingerprint density at radius 1 is 1.69 bits per heavy atom. The fraction of sp³-hybridized carbons (Fsp3) is 0.250. The zero-order chi connectivity index (χ0) is 9.68. The normalized spacial score (nSPS) is 9.38. The number of carbonyl (C=O) groups is 1. The van der Waals surface area contributed by atoms with Gasteiger partial charge in [-0.15, -0.1) is 0 Å². The summed E-state index contributed by atoms with van der Waals surface area (Å²) < 4.78 is 5.07. The number of nitrogens with zero attached hydrogens (tertiary/aromatic N) is 1. The van der Waals surface area contributed by atoms with Gasteiger partial charge in [-0.25, -0.2) is 10.5 Å². The first-order chi connectivity index (χ1) is 6.27. The van der Waals surface area contributed by atoms with Crippen LogP contribution in [-0.2, 0) is 0 Å². The molecule has 1 aromatic rings. The molecular formula is C8H10N2O3. The van der Waals surface area contributed by atoms with Gasteiger partial charge in [0.15, 0.2) is 0 Å². The van der Waals surface area contributed by atoms with Crippen LogP contribution in [0.4, 0.5) is 0 Å². The van der Waals surface area contributed by atoms with Crippen molar-refractivity contribution in [1.29, 1.82) is 0 Å². The van der Waals surface area contributed by atoms with E-state index in [0.717, 1.165) is 0 Å².